The van der Waals surface area contributed by atoms with E-state index >= 15 is 0 Å². The summed E-state index contributed by atoms with van der Waals surface area (Å²) in [6.45, 7) is 0. The molecule has 2 unspecified atom stereocenters. The fourth-order valence-electron chi connectivity index (χ4n) is 2.38. The molecular weight excluding hydrogens is 302 g/mol. The van der Waals surface area contributed by atoms with Crippen LogP contribution in [-0.2, 0) is 0 Å². The molecule has 0 bridgehead atoms. The molecule has 2 atom stereocenters. The van der Waals surface area contributed by atoms with Gasteiger partial charge in [0.2, 0.25) is 0 Å². The van der Waals surface area contributed by atoms with E-state index < -0.39 is 18.0 Å². The van der Waals surface area contributed by atoms with Gasteiger partial charge in [-0.05, 0) is 18.2 Å². The standard InChI is InChI=1S/C15H11Cl2FO2/c16-11-3-1-2-10(15(11)17)14-7-12(19)9-5-4-8(18)6-13(9)20-14/h1-6,12,14,19H,7H2. The smallest absolute Gasteiger partial charge is 0.128 e. The fraction of sp³-hybridized carbons (Fsp3) is 0.200. The normalized spacial score (nSPS) is 21.2. The molecular formula is C15H11Cl2FO2. The molecule has 0 aliphatic carbocycles. The predicted molar refractivity (Wildman–Crippen MR) is 75.8 cm³/mol. The van der Waals surface area contributed by atoms with Gasteiger partial charge < -0.3 is 9.84 Å². The van der Waals surface area contributed by atoms with Crippen molar-refractivity contribution in [2.45, 2.75) is 18.6 Å². The summed E-state index contributed by atoms with van der Waals surface area (Å²) >= 11 is 12.1. The summed E-state index contributed by atoms with van der Waals surface area (Å²) < 4.78 is 19.0. The Morgan fingerprint density at radius 2 is 1.95 bits per heavy atom. The highest BCUT2D eigenvalue weighted by Crippen LogP contribution is 2.43. The predicted octanol–water partition coefficient (Wildman–Crippen LogP) is 4.69. The van der Waals surface area contributed by atoms with Gasteiger partial charge in [-0.2, -0.15) is 0 Å². The van der Waals surface area contributed by atoms with Crippen LogP contribution in [0.4, 0.5) is 4.39 Å². The largest absolute Gasteiger partial charge is 0.485 e. The van der Waals surface area contributed by atoms with Gasteiger partial charge in [0.05, 0.1) is 16.1 Å². The van der Waals surface area contributed by atoms with E-state index in [9.17, 15) is 9.50 Å². The number of hydrogen-bond acceptors (Lipinski definition) is 2. The molecule has 0 fully saturated rings. The van der Waals surface area contributed by atoms with Crippen molar-refractivity contribution in [2.24, 2.45) is 0 Å². The molecule has 1 aliphatic rings. The van der Waals surface area contributed by atoms with Crippen LogP contribution in [0.2, 0.25) is 10.0 Å². The number of benzene rings is 2. The summed E-state index contributed by atoms with van der Waals surface area (Å²) in [4.78, 5) is 0. The average molecular weight is 313 g/mol. The maximum Gasteiger partial charge on any atom is 0.128 e. The number of aliphatic hydroxyl groups excluding tert-OH is 1. The van der Waals surface area contributed by atoms with E-state index in [1.165, 1.54) is 18.2 Å². The minimum absolute atomic E-state index is 0.338. The Morgan fingerprint density at radius 1 is 1.15 bits per heavy atom. The molecule has 0 spiro atoms. The van der Waals surface area contributed by atoms with E-state index in [1.54, 1.807) is 18.2 Å². The molecule has 0 amide bonds. The SMILES string of the molecule is OC1CC(c2cccc(Cl)c2Cl)Oc2cc(F)ccc21. The van der Waals surface area contributed by atoms with Gasteiger partial charge in [0.15, 0.2) is 0 Å². The van der Waals surface area contributed by atoms with Gasteiger partial charge in [0.1, 0.15) is 17.7 Å². The molecule has 3 rings (SSSR count). The molecule has 5 heteroatoms. The zero-order chi connectivity index (χ0) is 14.3. The lowest BCUT2D eigenvalue weighted by Crippen LogP contribution is -2.19. The minimum Gasteiger partial charge on any atom is -0.485 e. The van der Waals surface area contributed by atoms with Crippen molar-refractivity contribution in [1.82, 2.24) is 0 Å². The van der Waals surface area contributed by atoms with E-state index in [4.69, 9.17) is 27.9 Å². The Kier molecular flexibility index (Phi) is 3.59. The van der Waals surface area contributed by atoms with Crippen molar-refractivity contribution in [3.63, 3.8) is 0 Å². The number of ether oxygens (including phenoxy) is 1. The molecule has 1 N–H and O–H groups in total. The van der Waals surface area contributed by atoms with E-state index in [1.807, 2.05) is 0 Å². The molecule has 2 nitrogen and oxygen atoms in total. The van der Waals surface area contributed by atoms with Crippen LogP contribution in [0.5, 0.6) is 5.75 Å². The van der Waals surface area contributed by atoms with Crippen LogP contribution in [0, 0.1) is 5.82 Å². The van der Waals surface area contributed by atoms with Crippen LogP contribution in [0.15, 0.2) is 36.4 Å². The maximum atomic E-state index is 13.3. The van der Waals surface area contributed by atoms with Crippen molar-refractivity contribution in [2.75, 3.05) is 0 Å². The van der Waals surface area contributed by atoms with E-state index in [-0.39, 0.29) is 0 Å². The van der Waals surface area contributed by atoms with E-state index in [0.717, 1.165) is 0 Å². The Labute approximate surface area is 125 Å². The zero-order valence-electron chi connectivity index (χ0n) is 10.3. The van der Waals surface area contributed by atoms with Crippen LogP contribution in [0.25, 0.3) is 0 Å². The number of aliphatic hydroxyl groups is 1. The topological polar surface area (TPSA) is 29.5 Å². The molecule has 1 aliphatic heterocycles. The summed E-state index contributed by atoms with van der Waals surface area (Å²) in [6, 6.07) is 9.34. The van der Waals surface area contributed by atoms with Crippen molar-refractivity contribution < 1.29 is 14.2 Å². The van der Waals surface area contributed by atoms with E-state index in [0.29, 0.717) is 33.3 Å². The molecule has 1 heterocycles. The van der Waals surface area contributed by atoms with Crippen LogP contribution in [-0.4, -0.2) is 5.11 Å². The number of halogens is 3. The van der Waals surface area contributed by atoms with Gasteiger partial charge in [-0.3, -0.25) is 0 Å². The molecule has 0 saturated heterocycles. The second-order valence-electron chi connectivity index (χ2n) is 4.68. The quantitative estimate of drug-likeness (QED) is 0.827. The molecule has 20 heavy (non-hydrogen) atoms. The summed E-state index contributed by atoms with van der Waals surface area (Å²) in [7, 11) is 0. The summed E-state index contributed by atoms with van der Waals surface area (Å²) in [5.74, 6) is -0.0708. The third-order valence-corrected chi connectivity index (χ3v) is 4.20. The third kappa shape index (κ3) is 2.37. The lowest BCUT2D eigenvalue weighted by molar-refractivity contribution is 0.0654. The lowest BCUT2D eigenvalue weighted by Gasteiger charge is -2.30. The molecule has 0 aromatic heterocycles. The average Bonchev–Trinajstić information content (AvgIpc) is 2.41. The molecule has 0 saturated carbocycles. The first kappa shape index (κ1) is 13.7. The summed E-state index contributed by atoms with van der Waals surface area (Å²) in [6.07, 6.45) is -0.830. The summed E-state index contributed by atoms with van der Waals surface area (Å²) in [5.41, 5.74) is 1.27. The van der Waals surface area contributed by atoms with E-state index in [2.05, 4.69) is 0 Å². The van der Waals surface area contributed by atoms with Crippen LogP contribution in [0.3, 0.4) is 0 Å². The second-order valence-corrected chi connectivity index (χ2v) is 5.47. The van der Waals surface area contributed by atoms with Gasteiger partial charge in [-0.15, -0.1) is 0 Å². The number of fused-ring (bicyclic) bond motifs is 1. The third-order valence-electron chi connectivity index (χ3n) is 3.37. The van der Waals surface area contributed by atoms with Crippen molar-refractivity contribution in [3.05, 3.63) is 63.4 Å². The van der Waals surface area contributed by atoms with Crippen LogP contribution >= 0.6 is 23.2 Å². The van der Waals surface area contributed by atoms with Crippen LogP contribution in [0.1, 0.15) is 29.8 Å². The number of hydrogen-bond donors (Lipinski definition) is 1. The zero-order valence-corrected chi connectivity index (χ0v) is 11.8. The highest BCUT2D eigenvalue weighted by atomic mass is 35.5. The van der Waals surface area contributed by atoms with Crippen molar-refractivity contribution in [3.8, 4) is 5.75 Å². The first-order valence-electron chi connectivity index (χ1n) is 6.14. The van der Waals surface area contributed by atoms with Crippen molar-refractivity contribution in [1.29, 1.82) is 0 Å². The van der Waals surface area contributed by atoms with Crippen molar-refractivity contribution >= 4 is 23.2 Å². The fourth-order valence-corrected chi connectivity index (χ4v) is 2.81. The van der Waals surface area contributed by atoms with Gasteiger partial charge in [0.25, 0.3) is 0 Å². The minimum atomic E-state index is -0.723. The Bertz CT molecular complexity index is 660. The Hall–Kier alpha value is -1.29. The Morgan fingerprint density at radius 3 is 2.75 bits per heavy atom. The van der Waals surface area contributed by atoms with Gasteiger partial charge in [0, 0.05) is 23.6 Å². The highest BCUT2D eigenvalue weighted by molar-refractivity contribution is 6.42. The first-order valence-corrected chi connectivity index (χ1v) is 6.90. The second kappa shape index (κ2) is 5.24. The number of rotatable bonds is 1. The molecule has 2 aromatic rings. The first-order chi connectivity index (χ1) is 9.56. The van der Waals surface area contributed by atoms with Crippen LogP contribution < -0.4 is 4.74 Å². The van der Waals surface area contributed by atoms with Gasteiger partial charge in [-0.25, -0.2) is 4.39 Å². The lowest BCUT2D eigenvalue weighted by atomic mass is 9.95. The molecule has 0 radical (unpaired) electrons. The van der Waals surface area contributed by atoms with Gasteiger partial charge >= 0.3 is 0 Å². The molecule has 2 aromatic carbocycles. The van der Waals surface area contributed by atoms with Gasteiger partial charge in [-0.1, -0.05) is 35.3 Å². The Balaban J connectivity index is 2.00. The monoisotopic (exact) mass is 312 g/mol. The molecule has 104 valence electrons. The summed E-state index contributed by atoms with van der Waals surface area (Å²) in [5, 5.41) is 11.0. The highest BCUT2D eigenvalue weighted by Gasteiger charge is 2.29. The maximum absolute atomic E-state index is 13.3.